The molecule has 142 valence electrons. The molecule has 0 heterocycles. The van der Waals surface area contributed by atoms with Gasteiger partial charge in [0.25, 0.3) is 5.60 Å². The topological polar surface area (TPSA) is 66.8 Å². The van der Waals surface area contributed by atoms with E-state index in [-0.39, 0.29) is 6.07 Å². The summed E-state index contributed by atoms with van der Waals surface area (Å²) in [4.78, 5) is 11.9. The van der Waals surface area contributed by atoms with E-state index in [9.17, 15) is 41.4 Å². The third-order valence-corrected chi connectivity index (χ3v) is 3.83. The van der Waals surface area contributed by atoms with Gasteiger partial charge in [0.1, 0.15) is 11.5 Å². The van der Waals surface area contributed by atoms with Gasteiger partial charge in [-0.15, -0.1) is 0 Å². The summed E-state index contributed by atoms with van der Waals surface area (Å²) in [7, 11) is 0. The number of rotatable bonds is 4. The number of ether oxygens (including phenoxy) is 1. The first-order chi connectivity index (χ1) is 11.1. The fourth-order valence-electron chi connectivity index (χ4n) is 1.74. The molecule has 1 aromatic rings. The molecule has 0 aromatic heterocycles. The minimum atomic E-state index is -6.13. The maximum Gasteiger partial charge on any atom is 0.430 e. The summed E-state index contributed by atoms with van der Waals surface area (Å²) in [6, 6.07) is 1.24. The van der Waals surface area contributed by atoms with Gasteiger partial charge in [-0.05, 0) is 32.4 Å². The number of aliphatic hydroxyl groups is 1. The molecule has 0 unspecified atom stereocenters. The largest absolute Gasteiger partial charge is 0.507 e. The Hall–Kier alpha value is -1.97. The molecular weight excluding hydrogens is 358 g/mol. The third kappa shape index (κ3) is 3.83. The van der Waals surface area contributed by atoms with Crippen LogP contribution in [0.5, 0.6) is 11.5 Å². The van der Waals surface area contributed by atoms with Crippen molar-refractivity contribution in [3.8, 4) is 11.5 Å². The van der Waals surface area contributed by atoms with Crippen molar-refractivity contribution < 1.29 is 46.1 Å². The van der Waals surface area contributed by atoms with Crippen LogP contribution in [0.1, 0.15) is 32.8 Å². The molecule has 0 amide bonds. The van der Waals surface area contributed by atoms with Crippen LogP contribution in [0, 0.1) is 5.41 Å². The summed E-state index contributed by atoms with van der Waals surface area (Å²) in [5.74, 6) is -2.76. The Morgan fingerprint density at radius 3 is 1.92 bits per heavy atom. The van der Waals surface area contributed by atoms with Crippen LogP contribution in [-0.4, -0.2) is 28.5 Å². The van der Waals surface area contributed by atoms with Gasteiger partial charge in [0.2, 0.25) is 0 Å². The lowest BCUT2D eigenvalue weighted by Gasteiger charge is -2.33. The number of benzene rings is 1. The SMILES string of the molecule is CCC(C)(C)C(=O)Oc1ccc(C(O)(C(F)(F)F)C(F)(F)F)c(O)c1. The van der Waals surface area contributed by atoms with Crippen molar-refractivity contribution in [3.63, 3.8) is 0 Å². The van der Waals surface area contributed by atoms with E-state index in [0.29, 0.717) is 18.6 Å². The average Bonchev–Trinajstić information content (AvgIpc) is 2.44. The Balaban J connectivity index is 3.32. The van der Waals surface area contributed by atoms with Crippen LogP contribution in [0.15, 0.2) is 18.2 Å². The van der Waals surface area contributed by atoms with Crippen molar-refractivity contribution in [2.75, 3.05) is 0 Å². The Bertz CT molecular complexity index is 634. The number of hydrogen-bond donors (Lipinski definition) is 2. The number of aromatic hydroxyl groups is 1. The van der Waals surface area contributed by atoms with Crippen LogP contribution in [-0.2, 0) is 10.4 Å². The summed E-state index contributed by atoms with van der Waals surface area (Å²) in [6.45, 7) is 4.72. The molecule has 0 fully saturated rings. The van der Waals surface area contributed by atoms with Crippen LogP contribution in [0.25, 0.3) is 0 Å². The van der Waals surface area contributed by atoms with Gasteiger partial charge < -0.3 is 14.9 Å². The van der Waals surface area contributed by atoms with E-state index < -0.39 is 46.4 Å². The van der Waals surface area contributed by atoms with Gasteiger partial charge in [0.15, 0.2) is 0 Å². The van der Waals surface area contributed by atoms with Crippen molar-refractivity contribution in [1.82, 2.24) is 0 Å². The number of halogens is 6. The molecule has 2 N–H and O–H groups in total. The van der Waals surface area contributed by atoms with Crippen molar-refractivity contribution in [2.45, 2.75) is 45.1 Å². The van der Waals surface area contributed by atoms with E-state index in [2.05, 4.69) is 0 Å². The molecule has 0 radical (unpaired) electrons. The number of esters is 1. The van der Waals surface area contributed by atoms with Crippen molar-refractivity contribution in [2.24, 2.45) is 5.41 Å². The van der Waals surface area contributed by atoms with E-state index in [4.69, 9.17) is 4.74 Å². The maximum atomic E-state index is 12.8. The highest BCUT2D eigenvalue weighted by Gasteiger charge is 2.72. The summed E-state index contributed by atoms with van der Waals surface area (Å²) in [5, 5.41) is 18.8. The second-order valence-corrected chi connectivity index (χ2v) is 6.01. The predicted octanol–water partition coefficient (Wildman–Crippen LogP) is 4.05. The quantitative estimate of drug-likeness (QED) is 0.474. The summed E-state index contributed by atoms with van der Waals surface area (Å²) >= 11 is 0. The van der Waals surface area contributed by atoms with Gasteiger partial charge in [-0.3, -0.25) is 4.79 Å². The van der Waals surface area contributed by atoms with Crippen LogP contribution < -0.4 is 4.74 Å². The molecular formula is C15H16F6O4. The lowest BCUT2D eigenvalue weighted by molar-refractivity contribution is -0.376. The van der Waals surface area contributed by atoms with Crippen LogP contribution in [0.3, 0.4) is 0 Å². The second-order valence-electron chi connectivity index (χ2n) is 6.01. The third-order valence-electron chi connectivity index (χ3n) is 3.83. The standard InChI is InChI=1S/C15H16F6O4/c1-4-12(2,3)11(23)25-8-5-6-9(10(22)7-8)13(24,14(16,17)18)15(19,20)21/h5-7,22,24H,4H2,1-3H3. The number of phenolic OH excluding ortho intramolecular Hbond substituents is 1. The number of carbonyl (C=O) groups excluding carboxylic acids is 1. The van der Waals surface area contributed by atoms with Gasteiger partial charge in [0, 0.05) is 11.6 Å². The first-order valence-electron chi connectivity index (χ1n) is 6.99. The number of hydrogen-bond acceptors (Lipinski definition) is 4. The molecule has 1 rings (SSSR count). The number of alkyl halides is 6. The number of phenols is 1. The molecule has 0 aliphatic carbocycles. The Morgan fingerprint density at radius 1 is 1.08 bits per heavy atom. The van der Waals surface area contributed by atoms with Crippen molar-refractivity contribution in [1.29, 1.82) is 0 Å². The Labute approximate surface area is 139 Å². The Kier molecular flexibility index (Phi) is 5.39. The van der Waals surface area contributed by atoms with Gasteiger partial charge in [-0.1, -0.05) is 6.92 Å². The smallest absolute Gasteiger partial charge is 0.430 e. The first-order valence-corrected chi connectivity index (χ1v) is 6.99. The molecule has 1 aromatic carbocycles. The van der Waals surface area contributed by atoms with Gasteiger partial charge >= 0.3 is 18.3 Å². The molecule has 0 aliphatic heterocycles. The zero-order chi connectivity index (χ0) is 19.8. The molecule has 0 bridgehead atoms. The summed E-state index contributed by atoms with van der Waals surface area (Å²) < 4.78 is 81.7. The van der Waals surface area contributed by atoms with Crippen LogP contribution in [0.2, 0.25) is 0 Å². The molecule has 0 saturated heterocycles. The highest BCUT2D eigenvalue weighted by Crippen LogP contribution is 2.52. The molecule has 0 spiro atoms. The molecule has 0 aliphatic rings. The molecule has 25 heavy (non-hydrogen) atoms. The van der Waals surface area contributed by atoms with Gasteiger partial charge in [0.05, 0.1) is 5.41 Å². The Morgan fingerprint density at radius 2 is 1.56 bits per heavy atom. The molecule has 4 nitrogen and oxygen atoms in total. The highest BCUT2D eigenvalue weighted by molar-refractivity contribution is 5.78. The summed E-state index contributed by atoms with van der Waals surface area (Å²) in [5.41, 5.74) is -8.04. The van der Waals surface area contributed by atoms with E-state index >= 15 is 0 Å². The monoisotopic (exact) mass is 374 g/mol. The lowest BCUT2D eigenvalue weighted by atomic mass is 9.90. The van der Waals surface area contributed by atoms with Crippen molar-refractivity contribution in [3.05, 3.63) is 23.8 Å². The van der Waals surface area contributed by atoms with E-state index in [1.165, 1.54) is 13.8 Å². The summed E-state index contributed by atoms with van der Waals surface area (Å²) in [6.07, 6.45) is -11.9. The minimum Gasteiger partial charge on any atom is -0.507 e. The maximum absolute atomic E-state index is 12.8. The van der Waals surface area contributed by atoms with Gasteiger partial charge in [-0.2, -0.15) is 26.3 Å². The fourth-order valence-corrected chi connectivity index (χ4v) is 1.74. The van der Waals surface area contributed by atoms with Crippen LogP contribution >= 0.6 is 0 Å². The van der Waals surface area contributed by atoms with Gasteiger partial charge in [-0.25, -0.2) is 0 Å². The van der Waals surface area contributed by atoms with E-state index in [1.807, 2.05) is 0 Å². The molecule has 0 saturated carbocycles. The molecule has 0 atom stereocenters. The first kappa shape index (κ1) is 21.1. The van der Waals surface area contributed by atoms with E-state index in [1.54, 1.807) is 6.92 Å². The minimum absolute atomic E-state index is 0.206. The molecule has 10 heteroatoms. The number of carbonyl (C=O) groups is 1. The second kappa shape index (κ2) is 6.40. The van der Waals surface area contributed by atoms with E-state index in [0.717, 1.165) is 0 Å². The van der Waals surface area contributed by atoms with Crippen molar-refractivity contribution >= 4 is 5.97 Å². The lowest BCUT2D eigenvalue weighted by Crippen LogP contribution is -2.53. The van der Waals surface area contributed by atoms with Crippen LogP contribution in [0.4, 0.5) is 26.3 Å². The highest BCUT2D eigenvalue weighted by atomic mass is 19.4. The zero-order valence-corrected chi connectivity index (χ0v) is 13.4. The normalized spacial score (nSPS) is 13.7. The fraction of sp³-hybridized carbons (Fsp3) is 0.533. The average molecular weight is 374 g/mol. The zero-order valence-electron chi connectivity index (χ0n) is 13.4. The predicted molar refractivity (Wildman–Crippen MR) is 73.8 cm³/mol.